The maximum absolute atomic E-state index is 12.1. The molecule has 1 aliphatic heterocycles. The third kappa shape index (κ3) is 4.80. The molecule has 0 spiro atoms. The van der Waals surface area contributed by atoms with Gasteiger partial charge in [0, 0.05) is 30.3 Å². The summed E-state index contributed by atoms with van der Waals surface area (Å²) in [5.74, 6) is -0.819. The van der Waals surface area contributed by atoms with Crippen LogP contribution < -0.4 is 10.2 Å². The lowest BCUT2D eigenvalue weighted by molar-refractivity contribution is -0.153. The number of alkyl halides is 3. The van der Waals surface area contributed by atoms with Crippen LogP contribution in [0.25, 0.3) is 0 Å². The molecule has 22 heavy (non-hydrogen) atoms. The lowest BCUT2D eigenvalue weighted by atomic mass is 10.1. The summed E-state index contributed by atoms with van der Waals surface area (Å²) in [7, 11) is 0. The third-order valence-electron chi connectivity index (χ3n) is 3.75. The van der Waals surface area contributed by atoms with Crippen molar-refractivity contribution in [3.63, 3.8) is 0 Å². The zero-order chi connectivity index (χ0) is 16.3. The Bertz CT molecular complexity index is 548. The van der Waals surface area contributed by atoms with Crippen molar-refractivity contribution in [2.24, 2.45) is 5.92 Å². The van der Waals surface area contributed by atoms with Gasteiger partial charge >= 0.3 is 6.18 Å². The van der Waals surface area contributed by atoms with Crippen LogP contribution in [0.15, 0.2) is 18.2 Å². The molecule has 1 fully saturated rings. The molecule has 1 atom stereocenters. The number of hydrogen-bond acceptors (Lipinski definition) is 2. The minimum Gasteiger partial charge on any atom is -0.371 e. The van der Waals surface area contributed by atoms with Gasteiger partial charge < -0.3 is 10.2 Å². The van der Waals surface area contributed by atoms with E-state index in [9.17, 15) is 18.0 Å². The molecular weight excluding hydrogens is 317 g/mol. The average molecular weight is 335 g/mol. The molecule has 1 unspecified atom stereocenters. The second-order valence-corrected chi connectivity index (χ2v) is 6.06. The highest BCUT2D eigenvalue weighted by molar-refractivity contribution is 6.30. The molecule has 0 aromatic heterocycles. The molecule has 0 saturated carbocycles. The maximum Gasteiger partial charge on any atom is 0.397 e. The summed E-state index contributed by atoms with van der Waals surface area (Å²) in [4.78, 5) is 13.4. The number of nitrogens with zero attached hydrogens (tertiary/aromatic N) is 1. The summed E-state index contributed by atoms with van der Waals surface area (Å²) >= 11 is 6.01. The van der Waals surface area contributed by atoms with Crippen LogP contribution in [-0.4, -0.2) is 31.7 Å². The first-order valence-electron chi connectivity index (χ1n) is 7.09. The van der Waals surface area contributed by atoms with Gasteiger partial charge in [0.1, 0.15) is 6.42 Å². The molecule has 0 bridgehead atoms. The monoisotopic (exact) mass is 334 g/mol. The minimum atomic E-state index is -4.45. The standard InChI is InChI=1S/C15H18ClF3N2O/c1-10-2-3-12(16)6-13(10)21-5-4-11(9-21)8-20-14(22)7-15(17,18)19/h2-3,6,11H,4-5,7-9H2,1H3,(H,20,22). The fourth-order valence-corrected chi connectivity index (χ4v) is 2.81. The Hall–Kier alpha value is -1.43. The van der Waals surface area contributed by atoms with Gasteiger partial charge in [-0.3, -0.25) is 4.79 Å². The molecule has 1 aromatic rings. The van der Waals surface area contributed by atoms with Gasteiger partial charge in [0.15, 0.2) is 0 Å². The normalized spacial score (nSPS) is 18.6. The van der Waals surface area contributed by atoms with E-state index in [2.05, 4.69) is 10.2 Å². The predicted octanol–water partition coefficient (Wildman–Crippen LogP) is 3.54. The van der Waals surface area contributed by atoms with Crippen molar-refractivity contribution in [1.29, 1.82) is 0 Å². The van der Waals surface area contributed by atoms with E-state index in [0.29, 0.717) is 11.6 Å². The van der Waals surface area contributed by atoms with E-state index in [1.54, 1.807) is 0 Å². The molecule has 3 nitrogen and oxygen atoms in total. The minimum absolute atomic E-state index is 0.149. The molecule has 1 saturated heterocycles. The van der Waals surface area contributed by atoms with E-state index >= 15 is 0 Å². The van der Waals surface area contributed by atoms with Gasteiger partial charge in [-0.1, -0.05) is 17.7 Å². The van der Waals surface area contributed by atoms with Gasteiger partial charge in [-0.2, -0.15) is 13.2 Å². The lowest BCUT2D eigenvalue weighted by Crippen LogP contribution is -2.33. The number of amides is 1. The Kier molecular flexibility index (Phi) is 5.21. The van der Waals surface area contributed by atoms with E-state index in [-0.39, 0.29) is 12.5 Å². The number of benzene rings is 1. The molecule has 1 aromatic carbocycles. The van der Waals surface area contributed by atoms with Crippen molar-refractivity contribution < 1.29 is 18.0 Å². The first-order chi connectivity index (χ1) is 10.2. The highest BCUT2D eigenvalue weighted by atomic mass is 35.5. The summed E-state index contributed by atoms with van der Waals surface area (Å²) < 4.78 is 36.3. The summed E-state index contributed by atoms with van der Waals surface area (Å²) in [5, 5.41) is 3.02. The van der Waals surface area contributed by atoms with Crippen molar-refractivity contribution in [2.45, 2.75) is 25.9 Å². The average Bonchev–Trinajstić information content (AvgIpc) is 2.86. The van der Waals surface area contributed by atoms with Gasteiger partial charge in [0.05, 0.1) is 0 Å². The largest absolute Gasteiger partial charge is 0.397 e. The molecule has 1 N–H and O–H groups in total. The number of carbonyl (C=O) groups is 1. The SMILES string of the molecule is Cc1ccc(Cl)cc1N1CCC(CNC(=O)CC(F)(F)F)C1. The van der Waals surface area contributed by atoms with Gasteiger partial charge in [0.25, 0.3) is 0 Å². The molecule has 0 radical (unpaired) electrons. The van der Waals surface area contributed by atoms with Crippen molar-refractivity contribution in [1.82, 2.24) is 5.32 Å². The van der Waals surface area contributed by atoms with Crippen LogP contribution in [0, 0.1) is 12.8 Å². The van der Waals surface area contributed by atoms with Gasteiger partial charge in [-0.05, 0) is 37.0 Å². The van der Waals surface area contributed by atoms with E-state index in [1.807, 2.05) is 25.1 Å². The first kappa shape index (κ1) is 16.9. The van der Waals surface area contributed by atoms with Crippen molar-refractivity contribution in [3.05, 3.63) is 28.8 Å². The van der Waals surface area contributed by atoms with Crippen LogP contribution in [0.4, 0.5) is 18.9 Å². The van der Waals surface area contributed by atoms with Crippen LogP contribution >= 0.6 is 11.6 Å². The lowest BCUT2D eigenvalue weighted by Gasteiger charge is -2.21. The number of carbonyl (C=O) groups excluding carboxylic acids is 1. The summed E-state index contributed by atoms with van der Waals surface area (Å²) in [5.41, 5.74) is 2.14. The fourth-order valence-electron chi connectivity index (χ4n) is 2.64. The van der Waals surface area contributed by atoms with E-state index < -0.39 is 18.5 Å². The fraction of sp³-hybridized carbons (Fsp3) is 0.533. The summed E-state index contributed by atoms with van der Waals surface area (Å²) in [6, 6.07) is 5.66. The van der Waals surface area contributed by atoms with Gasteiger partial charge in [-0.25, -0.2) is 0 Å². The second-order valence-electron chi connectivity index (χ2n) is 5.63. The topological polar surface area (TPSA) is 32.3 Å². The van der Waals surface area contributed by atoms with Crippen molar-refractivity contribution in [2.75, 3.05) is 24.5 Å². The predicted molar refractivity (Wildman–Crippen MR) is 80.2 cm³/mol. The van der Waals surface area contributed by atoms with Gasteiger partial charge in [0.2, 0.25) is 5.91 Å². The van der Waals surface area contributed by atoms with Crippen LogP contribution in [0.3, 0.4) is 0 Å². The Morgan fingerprint density at radius 2 is 2.18 bits per heavy atom. The van der Waals surface area contributed by atoms with E-state index in [1.165, 1.54) is 0 Å². The van der Waals surface area contributed by atoms with Crippen LogP contribution in [0.2, 0.25) is 5.02 Å². The zero-order valence-corrected chi connectivity index (χ0v) is 13.0. The Morgan fingerprint density at radius 1 is 1.45 bits per heavy atom. The molecular formula is C15H18ClF3N2O. The Morgan fingerprint density at radius 3 is 2.86 bits per heavy atom. The van der Waals surface area contributed by atoms with E-state index in [0.717, 1.165) is 24.2 Å². The van der Waals surface area contributed by atoms with Gasteiger partial charge in [-0.15, -0.1) is 0 Å². The molecule has 1 aliphatic rings. The molecule has 7 heteroatoms. The smallest absolute Gasteiger partial charge is 0.371 e. The highest BCUT2D eigenvalue weighted by Gasteiger charge is 2.31. The van der Waals surface area contributed by atoms with Crippen molar-refractivity contribution >= 4 is 23.2 Å². The van der Waals surface area contributed by atoms with Crippen LogP contribution in [0.1, 0.15) is 18.4 Å². The molecule has 2 rings (SSSR count). The van der Waals surface area contributed by atoms with E-state index in [4.69, 9.17) is 11.6 Å². The van der Waals surface area contributed by atoms with Crippen LogP contribution in [0.5, 0.6) is 0 Å². The zero-order valence-electron chi connectivity index (χ0n) is 12.2. The molecule has 1 heterocycles. The summed E-state index contributed by atoms with van der Waals surface area (Å²) in [6.45, 7) is 3.77. The molecule has 122 valence electrons. The Balaban J connectivity index is 1.85. The number of hydrogen-bond donors (Lipinski definition) is 1. The Labute approximate surface area is 132 Å². The van der Waals surface area contributed by atoms with Crippen molar-refractivity contribution in [3.8, 4) is 0 Å². The molecule has 0 aliphatic carbocycles. The number of rotatable bonds is 4. The molecule has 1 amide bonds. The third-order valence-corrected chi connectivity index (χ3v) is 3.98. The second kappa shape index (κ2) is 6.77. The van der Waals surface area contributed by atoms with Crippen LogP contribution in [-0.2, 0) is 4.79 Å². The number of aryl methyl sites for hydroxylation is 1. The number of halogens is 4. The number of nitrogens with one attached hydrogen (secondary N) is 1. The quantitative estimate of drug-likeness (QED) is 0.913. The summed E-state index contributed by atoms with van der Waals surface area (Å²) in [6.07, 6.45) is -5.04. The maximum atomic E-state index is 12.1. The first-order valence-corrected chi connectivity index (χ1v) is 7.47. The number of anilines is 1. The highest BCUT2D eigenvalue weighted by Crippen LogP contribution is 2.29.